The smallest absolute Gasteiger partial charge is 0.132 e. The van der Waals surface area contributed by atoms with Crippen molar-refractivity contribution in [2.24, 2.45) is 0 Å². The van der Waals surface area contributed by atoms with Crippen LogP contribution in [0.25, 0.3) is 28.1 Å². The van der Waals surface area contributed by atoms with Gasteiger partial charge in [0, 0.05) is 48.9 Å². The first-order valence-corrected chi connectivity index (χ1v) is 11.6. The van der Waals surface area contributed by atoms with Crippen molar-refractivity contribution in [3.8, 4) is 28.1 Å². The van der Waals surface area contributed by atoms with Gasteiger partial charge in [0.1, 0.15) is 5.82 Å². The van der Waals surface area contributed by atoms with Crippen LogP contribution >= 0.6 is 11.6 Å². The topological polar surface area (TPSA) is 24.3 Å². The number of piperazine rings is 1. The van der Waals surface area contributed by atoms with Gasteiger partial charge in [-0.15, -0.1) is 0 Å². The van der Waals surface area contributed by atoms with Crippen molar-refractivity contribution in [1.29, 1.82) is 0 Å². The second-order valence-electron chi connectivity index (χ2n) is 8.55. The second kappa shape index (κ2) is 9.48. The number of likely N-dealkylation sites (N-methyl/N-ethyl adjacent to an activating group) is 1. The van der Waals surface area contributed by atoms with E-state index in [9.17, 15) is 4.39 Å². The van der Waals surface area contributed by atoms with Gasteiger partial charge in [-0.05, 0) is 54.6 Å². The average Bonchev–Trinajstić information content (AvgIpc) is 3.24. The van der Waals surface area contributed by atoms with E-state index in [1.54, 1.807) is 6.07 Å². The number of rotatable bonds is 5. The molecule has 0 saturated carbocycles. The zero-order valence-electron chi connectivity index (χ0n) is 18.6. The van der Waals surface area contributed by atoms with Crippen molar-refractivity contribution in [2.45, 2.75) is 6.54 Å². The lowest BCUT2D eigenvalue weighted by molar-refractivity contribution is 0.148. The van der Waals surface area contributed by atoms with Gasteiger partial charge in [0.2, 0.25) is 0 Å². The van der Waals surface area contributed by atoms with Crippen molar-refractivity contribution in [3.63, 3.8) is 0 Å². The van der Waals surface area contributed by atoms with Gasteiger partial charge < -0.3 is 4.90 Å². The maximum absolute atomic E-state index is 14.9. The minimum Gasteiger partial charge on any atom is -0.304 e. The Morgan fingerprint density at radius 1 is 0.879 bits per heavy atom. The third-order valence-corrected chi connectivity index (χ3v) is 6.47. The lowest BCUT2D eigenvalue weighted by Gasteiger charge is -2.32. The molecule has 0 unspecified atom stereocenters. The number of hydrogen-bond donors (Lipinski definition) is 0. The first-order valence-electron chi connectivity index (χ1n) is 11.2. The quantitative estimate of drug-likeness (QED) is 0.379. The van der Waals surface area contributed by atoms with Crippen LogP contribution < -0.4 is 0 Å². The summed E-state index contributed by atoms with van der Waals surface area (Å²) in [6, 6.07) is 22.9. The Kier molecular flexibility index (Phi) is 6.27. The first kappa shape index (κ1) is 21.8. The van der Waals surface area contributed by atoms with Gasteiger partial charge in [0.15, 0.2) is 0 Å². The maximum atomic E-state index is 14.9. The molecule has 5 rings (SSSR count). The van der Waals surface area contributed by atoms with Crippen molar-refractivity contribution in [3.05, 3.63) is 95.4 Å². The molecule has 1 aromatic heterocycles. The molecule has 2 heterocycles. The number of hydrogen-bond acceptors (Lipinski definition) is 3. The molecule has 0 bridgehead atoms. The Morgan fingerprint density at radius 3 is 2.36 bits per heavy atom. The van der Waals surface area contributed by atoms with E-state index in [2.05, 4.69) is 16.8 Å². The summed E-state index contributed by atoms with van der Waals surface area (Å²) in [5, 5.41) is 5.40. The molecule has 1 fully saturated rings. The van der Waals surface area contributed by atoms with Crippen LogP contribution in [-0.4, -0.2) is 52.8 Å². The van der Waals surface area contributed by atoms with Crippen LogP contribution in [0.1, 0.15) is 5.56 Å². The molecule has 168 valence electrons. The van der Waals surface area contributed by atoms with E-state index in [1.165, 1.54) is 6.07 Å². The predicted octanol–water partition coefficient (Wildman–Crippen LogP) is 5.75. The molecule has 1 saturated heterocycles. The fraction of sp³-hybridized carbons (Fsp3) is 0.222. The van der Waals surface area contributed by atoms with Crippen LogP contribution in [0, 0.1) is 5.82 Å². The monoisotopic (exact) mass is 460 g/mol. The summed E-state index contributed by atoms with van der Waals surface area (Å²) in [6.45, 7) is 4.81. The van der Waals surface area contributed by atoms with Crippen LogP contribution in [0.2, 0.25) is 5.02 Å². The Balaban J connectivity index is 1.52. The van der Waals surface area contributed by atoms with Crippen LogP contribution in [0.5, 0.6) is 0 Å². The molecule has 0 spiro atoms. The van der Waals surface area contributed by atoms with Crippen molar-refractivity contribution in [1.82, 2.24) is 19.6 Å². The van der Waals surface area contributed by atoms with Crippen molar-refractivity contribution in [2.75, 3.05) is 33.2 Å². The Morgan fingerprint density at radius 2 is 1.64 bits per heavy atom. The SMILES string of the molecule is CN1CCN(Cc2cnn(-c3ccc(-c4cccc(Cl)c4)cc3)c2-c2ccccc2F)CC1. The predicted molar refractivity (Wildman–Crippen MR) is 132 cm³/mol. The summed E-state index contributed by atoms with van der Waals surface area (Å²) < 4.78 is 16.8. The molecule has 0 aliphatic carbocycles. The lowest BCUT2D eigenvalue weighted by Crippen LogP contribution is -2.43. The molecular weight excluding hydrogens is 435 g/mol. The molecule has 0 amide bonds. The summed E-state index contributed by atoms with van der Waals surface area (Å²) in [7, 11) is 2.15. The summed E-state index contributed by atoms with van der Waals surface area (Å²) in [4.78, 5) is 4.74. The van der Waals surface area contributed by atoms with E-state index in [0.29, 0.717) is 10.6 Å². The second-order valence-corrected chi connectivity index (χ2v) is 8.98. The van der Waals surface area contributed by atoms with Crippen LogP contribution in [0.3, 0.4) is 0 Å². The molecular formula is C27H26ClFN4. The van der Waals surface area contributed by atoms with Gasteiger partial charge in [0.05, 0.1) is 17.6 Å². The molecule has 4 aromatic rings. The number of halogens is 2. The molecule has 0 atom stereocenters. The highest BCUT2D eigenvalue weighted by atomic mass is 35.5. The fourth-order valence-electron chi connectivity index (χ4n) is 4.34. The minimum absolute atomic E-state index is 0.241. The molecule has 4 nitrogen and oxygen atoms in total. The first-order chi connectivity index (χ1) is 16.1. The van der Waals surface area contributed by atoms with E-state index in [4.69, 9.17) is 16.7 Å². The van der Waals surface area contributed by atoms with Crippen molar-refractivity contribution >= 4 is 11.6 Å². The minimum atomic E-state index is -0.241. The van der Waals surface area contributed by atoms with Gasteiger partial charge in [-0.1, -0.05) is 48.0 Å². The number of nitrogens with zero attached hydrogens (tertiary/aromatic N) is 4. The molecule has 1 aliphatic rings. The van der Waals surface area contributed by atoms with Crippen LogP contribution in [-0.2, 0) is 6.54 Å². The molecule has 0 radical (unpaired) electrons. The molecule has 1 aliphatic heterocycles. The Hall–Kier alpha value is -2.99. The zero-order chi connectivity index (χ0) is 22.8. The third kappa shape index (κ3) is 4.71. The standard InChI is InChI=1S/C27H26ClFN4/c1-31-13-15-32(16-14-31)19-22-18-30-33(27(22)25-7-2-3-8-26(25)29)24-11-9-20(10-12-24)21-5-4-6-23(28)17-21/h2-12,17-18H,13-16,19H2,1H3. The lowest BCUT2D eigenvalue weighted by atomic mass is 10.0. The molecule has 33 heavy (non-hydrogen) atoms. The molecule has 6 heteroatoms. The Bertz CT molecular complexity index is 1240. The zero-order valence-corrected chi connectivity index (χ0v) is 19.3. The third-order valence-electron chi connectivity index (χ3n) is 6.23. The summed E-state index contributed by atoms with van der Waals surface area (Å²) in [5.41, 5.74) is 5.42. The summed E-state index contributed by atoms with van der Waals surface area (Å²) >= 11 is 6.16. The number of aromatic nitrogens is 2. The normalized spacial score (nSPS) is 15.1. The fourth-order valence-corrected chi connectivity index (χ4v) is 4.53. The van der Waals surface area contributed by atoms with E-state index in [1.807, 2.05) is 71.5 Å². The largest absolute Gasteiger partial charge is 0.304 e. The summed E-state index contributed by atoms with van der Waals surface area (Å²) in [5.74, 6) is -0.241. The van der Waals surface area contributed by atoms with Crippen molar-refractivity contribution < 1.29 is 4.39 Å². The van der Waals surface area contributed by atoms with Gasteiger partial charge in [-0.3, -0.25) is 4.90 Å². The van der Waals surface area contributed by atoms with Gasteiger partial charge in [0.25, 0.3) is 0 Å². The van der Waals surface area contributed by atoms with E-state index < -0.39 is 0 Å². The van der Waals surface area contributed by atoms with Gasteiger partial charge in [-0.2, -0.15) is 5.10 Å². The highest BCUT2D eigenvalue weighted by Crippen LogP contribution is 2.31. The van der Waals surface area contributed by atoms with E-state index in [-0.39, 0.29) is 5.82 Å². The van der Waals surface area contributed by atoms with Gasteiger partial charge >= 0.3 is 0 Å². The Labute approximate surface area is 198 Å². The molecule has 0 N–H and O–H groups in total. The van der Waals surface area contributed by atoms with Crippen LogP contribution in [0.15, 0.2) is 79.0 Å². The van der Waals surface area contributed by atoms with E-state index in [0.717, 1.165) is 60.8 Å². The highest BCUT2D eigenvalue weighted by molar-refractivity contribution is 6.30. The molecule has 3 aromatic carbocycles. The highest BCUT2D eigenvalue weighted by Gasteiger charge is 2.21. The van der Waals surface area contributed by atoms with Gasteiger partial charge in [-0.25, -0.2) is 9.07 Å². The van der Waals surface area contributed by atoms with E-state index >= 15 is 0 Å². The maximum Gasteiger partial charge on any atom is 0.132 e. The van der Waals surface area contributed by atoms with Crippen LogP contribution in [0.4, 0.5) is 4.39 Å². The number of benzene rings is 3. The average molecular weight is 461 g/mol. The summed E-state index contributed by atoms with van der Waals surface area (Å²) in [6.07, 6.45) is 1.88.